The summed E-state index contributed by atoms with van der Waals surface area (Å²) in [6, 6.07) is 12.6. The van der Waals surface area contributed by atoms with Crippen LogP contribution in [-0.2, 0) is 11.3 Å². The van der Waals surface area contributed by atoms with Gasteiger partial charge in [-0.1, -0.05) is 24.6 Å². The second-order valence-electron chi connectivity index (χ2n) is 5.37. The first-order valence-corrected chi connectivity index (χ1v) is 8.12. The third-order valence-corrected chi connectivity index (χ3v) is 3.91. The van der Waals surface area contributed by atoms with E-state index in [1.165, 1.54) is 0 Å². The quantitative estimate of drug-likeness (QED) is 0.868. The standard InChI is InChI=1S/C18H18ClNO4/c1-2-15(24-14-6-4-13(19)5-7-14)18(21)20-10-12-3-8-16-17(9-12)23-11-22-16/h3-9,15H,2,10-11H2,1H3,(H,20,21)/t15-/m1/s1. The number of ether oxygens (including phenoxy) is 3. The molecule has 1 aliphatic rings. The highest BCUT2D eigenvalue weighted by Crippen LogP contribution is 2.32. The van der Waals surface area contributed by atoms with Crippen molar-refractivity contribution in [2.45, 2.75) is 26.0 Å². The molecule has 2 aromatic carbocycles. The molecule has 0 aliphatic carbocycles. The van der Waals surface area contributed by atoms with E-state index >= 15 is 0 Å². The van der Waals surface area contributed by atoms with Crippen molar-refractivity contribution >= 4 is 17.5 Å². The molecular weight excluding hydrogens is 330 g/mol. The highest BCUT2D eigenvalue weighted by Gasteiger charge is 2.19. The molecule has 0 unspecified atom stereocenters. The van der Waals surface area contributed by atoms with E-state index in [2.05, 4.69) is 5.32 Å². The molecule has 0 radical (unpaired) electrons. The van der Waals surface area contributed by atoms with E-state index in [1.54, 1.807) is 24.3 Å². The zero-order valence-corrected chi connectivity index (χ0v) is 14.0. The molecule has 0 saturated heterocycles. The number of nitrogens with one attached hydrogen (secondary N) is 1. The third-order valence-electron chi connectivity index (χ3n) is 3.66. The van der Waals surface area contributed by atoms with Gasteiger partial charge in [-0.2, -0.15) is 0 Å². The average molecular weight is 348 g/mol. The molecule has 3 rings (SSSR count). The van der Waals surface area contributed by atoms with Gasteiger partial charge >= 0.3 is 0 Å². The maximum absolute atomic E-state index is 12.3. The number of carbonyl (C=O) groups is 1. The van der Waals surface area contributed by atoms with Crippen molar-refractivity contribution in [3.05, 3.63) is 53.1 Å². The van der Waals surface area contributed by atoms with Gasteiger partial charge in [-0.25, -0.2) is 0 Å². The largest absolute Gasteiger partial charge is 0.481 e. The Balaban J connectivity index is 1.57. The highest BCUT2D eigenvalue weighted by atomic mass is 35.5. The van der Waals surface area contributed by atoms with Crippen LogP contribution in [0, 0.1) is 0 Å². The zero-order chi connectivity index (χ0) is 16.9. The molecule has 24 heavy (non-hydrogen) atoms. The van der Waals surface area contributed by atoms with Crippen LogP contribution in [0.4, 0.5) is 0 Å². The van der Waals surface area contributed by atoms with Crippen molar-refractivity contribution in [3.8, 4) is 17.2 Å². The number of fused-ring (bicyclic) bond motifs is 1. The third kappa shape index (κ3) is 3.92. The lowest BCUT2D eigenvalue weighted by atomic mass is 10.2. The molecule has 1 N–H and O–H groups in total. The van der Waals surface area contributed by atoms with Gasteiger partial charge in [0.15, 0.2) is 17.6 Å². The van der Waals surface area contributed by atoms with Crippen molar-refractivity contribution in [1.29, 1.82) is 0 Å². The molecule has 1 amide bonds. The molecule has 2 aromatic rings. The van der Waals surface area contributed by atoms with E-state index in [0.717, 1.165) is 11.3 Å². The minimum atomic E-state index is -0.555. The average Bonchev–Trinajstić information content (AvgIpc) is 3.07. The summed E-state index contributed by atoms with van der Waals surface area (Å²) in [7, 11) is 0. The van der Waals surface area contributed by atoms with Crippen molar-refractivity contribution in [2.75, 3.05) is 6.79 Å². The van der Waals surface area contributed by atoms with Crippen LogP contribution in [0.3, 0.4) is 0 Å². The Morgan fingerprint density at radius 1 is 1.21 bits per heavy atom. The van der Waals surface area contributed by atoms with E-state index in [1.807, 2.05) is 25.1 Å². The van der Waals surface area contributed by atoms with Gasteiger partial charge in [-0.05, 0) is 48.4 Å². The van der Waals surface area contributed by atoms with Crippen LogP contribution in [0.15, 0.2) is 42.5 Å². The summed E-state index contributed by atoms with van der Waals surface area (Å²) < 4.78 is 16.3. The number of benzene rings is 2. The van der Waals surface area contributed by atoms with Crippen LogP contribution in [0.1, 0.15) is 18.9 Å². The van der Waals surface area contributed by atoms with Gasteiger partial charge in [0.2, 0.25) is 6.79 Å². The van der Waals surface area contributed by atoms with Gasteiger partial charge < -0.3 is 19.5 Å². The number of hydrogen-bond donors (Lipinski definition) is 1. The summed E-state index contributed by atoms with van der Waals surface area (Å²) in [5.41, 5.74) is 0.939. The molecule has 5 nitrogen and oxygen atoms in total. The van der Waals surface area contributed by atoms with Gasteiger partial charge in [-0.15, -0.1) is 0 Å². The number of halogens is 1. The summed E-state index contributed by atoms with van der Waals surface area (Å²) in [6.45, 7) is 2.54. The van der Waals surface area contributed by atoms with Crippen molar-refractivity contribution < 1.29 is 19.0 Å². The van der Waals surface area contributed by atoms with Crippen molar-refractivity contribution in [3.63, 3.8) is 0 Å². The highest BCUT2D eigenvalue weighted by molar-refractivity contribution is 6.30. The maximum atomic E-state index is 12.3. The summed E-state index contributed by atoms with van der Waals surface area (Å²) in [5, 5.41) is 3.51. The first-order chi connectivity index (χ1) is 11.7. The van der Waals surface area contributed by atoms with Crippen LogP contribution in [0.5, 0.6) is 17.2 Å². The summed E-state index contributed by atoms with van der Waals surface area (Å²) in [6.07, 6.45) is 0.00969. The number of rotatable bonds is 6. The number of carbonyl (C=O) groups excluding carboxylic acids is 1. The van der Waals surface area contributed by atoms with E-state index in [9.17, 15) is 4.79 Å². The van der Waals surface area contributed by atoms with Crippen LogP contribution in [-0.4, -0.2) is 18.8 Å². The lowest BCUT2D eigenvalue weighted by molar-refractivity contribution is -0.128. The smallest absolute Gasteiger partial charge is 0.261 e. The molecule has 0 fully saturated rings. The van der Waals surface area contributed by atoms with Crippen molar-refractivity contribution in [1.82, 2.24) is 5.32 Å². The van der Waals surface area contributed by atoms with Gasteiger partial charge in [0.25, 0.3) is 5.91 Å². The Hall–Kier alpha value is -2.40. The van der Waals surface area contributed by atoms with Crippen LogP contribution in [0.2, 0.25) is 5.02 Å². The van der Waals surface area contributed by atoms with Gasteiger partial charge in [0, 0.05) is 11.6 Å². The predicted molar refractivity (Wildman–Crippen MR) is 90.6 cm³/mol. The van der Waals surface area contributed by atoms with Gasteiger partial charge in [-0.3, -0.25) is 4.79 Å². The molecular formula is C18H18ClNO4. The van der Waals surface area contributed by atoms with Crippen LogP contribution < -0.4 is 19.5 Å². The zero-order valence-electron chi connectivity index (χ0n) is 13.3. The maximum Gasteiger partial charge on any atom is 0.261 e. The Kier molecular flexibility index (Phi) is 5.11. The fourth-order valence-corrected chi connectivity index (χ4v) is 2.48. The minimum Gasteiger partial charge on any atom is -0.481 e. The second kappa shape index (κ2) is 7.45. The fourth-order valence-electron chi connectivity index (χ4n) is 2.35. The first kappa shape index (κ1) is 16.5. The molecule has 0 saturated carbocycles. The van der Waals surface area contributed by atoms with Gasteiger partial charge in [0.05, 0.1) is 0 Å². The molecule has 6 heteroatoms. The fraction of sp³-hybridized carbons (Fsp3) is 0.278. The van der Waals surface area contributed by atoms with Crippen molar-refractivity contribution in [2.24, 2.45) is 0 Å². The van der Waals surface area contributed by atoms with E-state index in [-0.39, 0.29) is 12.7 Å². The van der Waals surface area contributed by atoms with Crippen LogP contribution >= 0.6 is 11.6 Å². The van der Waals surface area contributed by atoms with E-state index in [0.29, 0.717) is 29.5 Å². The predicted octanol–water partition coefficient (Wildman–Crippen LogP) is 3.54. The second-order valence-corrected chi connectivity index (χ2v) is 5.81. The SMILES string of the molecule is CC[C@@H](Oc1ccc(Cl)cc1)C(=O)NCc1ccc2c(c1)OCO2. The molecule has 1 aliphatic heterocycles. The Morgan fingerprint density at radius 2 is 1.96 bits per heavy atom. The lowest BCUT2D eigenvalue weighted by Crippen LogP contribution is -2.37. The summed E-state index contributed by atoms with van der Waals surface area (Å²) >= 11 is 5.85. The monoisotopic (exact) mass is 347 g/mol. The molecule has 126 valence electrons. The normalized spacial score (nSPS) is 13.4. The van der Waals surface area contributed by atoms with E-state index in [4.69, 9.17) is 25.8 Å². The first-order valence-electron chi connectivity index (χ1n) is 7.74. The molecule has 1 atom stereocenters. The molecule has 0 spiro atoms. The summed E-state index contributed by atoms with van der Waals surface area (Å²) in [4.78, 5) is 12.3. The molecule has 0 aromatic heterocycles. The van der Waals surface area contributed by atoms with Gasteiger partial charge in [0.1, 0.15) is 5.75 Å². The minimum absolute atomic E-state index is 0.162. The molecule has 0 bridgehead atoms. The Morgan fingerprint density at radius 3 is 2.71 bits per heavy atom. The summed E-state index contributed by atoms with van der Waals surface area (Å²) in [5.74, 6) is 1.88. The van der Waals surface area contributed by atoms with E-state index < -0.39 is 6.10 Å². The topological polar surface area (TPSA) is 56.8 Å². The van der Waals surface area contributed by atoms with Crippen LogP contribution in [0.25, 0.3) is 0 Å². The Bertz CT molecular complexity index is 717. The molecule has 1 heterocycles. The lowest BCUT2D eigenvalue weighted by Gasteiger charge is -2.17. The number of amides is 1. The Labute approximate surface area is 145 Å². The number of hydrogen-bond acceptors (Lipinski definition) is 4.